The molecular formula is C19H17N3O2S2. The fourth-order valence-electron chi connectivity index (χ4n) is 2.79. The minimum absolute atomic E-state index is 0.0239. The van der Waals surface area contributed by atoms with E-state index < -0.39 is 0 Å². The zero-order valence-electron chi connectivity index (χ0n) is 14.4. The van der Waals surface area contributed by atoms with Gasteiger partial charge in [-0.2, -0.15) is 0 Å². The standard InChI is InChI=1S/C19H17N3O2S2/c1-11-7-12(2)18-15(8-11)26-19(22-18)21-16(23)9-24-10-17-20-13-5-3-4-6-14(13)25-17/h3-8H,9-10H2,1-2H3,(H,21,22,23). The van der Waals surface area contributed by atoms with E-state index in [9.17, 15) is 4.79 Å². The number of rotatable bonds is 5. The normalized spacial score (nSPS) is 11.3. The van der Waals surface area contributed by atoms with Gasteiger partial charge in [0.05, 0.1) is 27.0 Å². The Morgan fingerprint density at radius 1 is 1.12 bits per heavy atom. The first-order chi connectivity index (χ1) is 12.6. The molecular weight excluding hydrogens is 366 g/mol. The third kappa shape index (κ3) is 3.60. The average Bonchev–Trinajstić information content (AvgIpc) is 3.17. The van der Waals surface area contributed by atoms with Crippen molar-refractivity contribution in [1.29, 1.82) is 0 Å². The van der Waals surface area contributed by atoms with Gasteiger partial charge in [-0.25, -0.2) is 9.97 Å². The topological polar surface area (TPSA) is 64.1 Å². The van der Waals surface area contributed by atoms with Gasteiger partial charge < -0.3 is 4.74 Å². The van der Waals surface area contributed by atoms with E-state index in [0.717, 1.165) is 31.0 Å². The van der Waals surface area contributed by atoms with Crippen LogP contribution in [-0.2, 0) is 16.1 Å². The van der Waals surface area contributed by atoms with E-state index in [4.69, 9.17) is 4.74 Å². The Balaban J connectivity index is 1.36. The number of hydrogen-bond acceptors (Lipinski definition) is 6. The summed E-state index contributed by atoms with van der Waals surface area (Å²) in [7, 11) is 0. The molecule has 4 rings (SSSR count). The highest BCUT2D eigenvalue weighted by atomic mass is 32.1. The second-order valence-electron chi connectivity index (χ2n) is 6.06. The van der Waals surface area contributed by atoms with Gasteiger partial charge in [-0.15, -0.1) is 11.3 Å². The van der Waals surface area contributed by atoms with Crippen molar-refractivity contribution in [2.24, 2.45) is 0 Å². The number of para-hydroxylation sites is 1. The molecule has 1 N–H and O–H groups in total. The molecule has 0 unspecified atom stereocenters. The summed E-state index contributed by atoms with van der Waals surface area (Å²) in [5, 5.41) is 4.28. The first kappa shape index (κ1) is 17.1. The quantitative estimate of drug-likeness (QED) is 0.543. The van der Waals surface area contributed by atoms with Crippen molar-refractivity contribution in [3.8, 4) is 0 Å². The molecule has 0 aliphatic carbocycles. The molecule has 0 atom stereocenters. The summed E-state index contributed by atoms with van der Waals surface area (Å²) >= 11 is 3.06. The number of hydrogen-bond donors (Lipinski definition) is 1. The van der Waals surface area contributed by atoms with Crippen LogP contribution in [0.4, 0.5) is 5.13 Å². The number of fused-ring (bicyclic) bond motifs is 2. The van der Waals surface area contributed by atoms with Crippen LogP contribution in [0.2, 0.25) is 0 Å². The van der Waals surface area contributed by atoms with Gasteiger partial charge in [0.15, 0.2) is 5.13 Å². The fraction of sp³-hybridized carbons (Fsp3) is 0.211. The molecule has 2 aromatic carbocycles. The van der Waals surface area contributed by atoms with Crippen LogP contribution < -0.4 is 5.32 Å². The Morgan fingerprint density at radius 3 is 2.81 bits per heavy atom. The first-order valence-electron chi connectivity index (χ1n) is 8.18. The molecule has 1 amide bonds. The number of aromatic nitrogens is 2. The zero-order chi connectivity index (χ0) is 18.1. The number of nitrogens with one attached hydrogen (secondary N) is 1. The molecule has 2 heterocycles. The Labute approximate surface area is 158 Å². The van der Waals surface area contributed by atoms with E-state index >= 15 is 0 Å². The zero-order valence-corrected chi connectivity index (χ0v) is 16.0. The van der Waals surface area contributed by atoms with Crippen molar-refractivity contribution in [1.82, 2.24) is 9.97 Å². The van der Waals surface area contributed by atoms with E-state index in [-0.39, 0.29) is 12.5 Å². The first-order valence-corrected chi connectivity index (χ1v) is 9.81. The van der Waals surface area contributed by atoms with Crippen molar-refractivity contribution in [2.45, 2.75) is 20.5 Å². The molecule has 7 heteroatoms. The highest BCUT2D eigenvalue weighted by Crippen LogP contribution is 2.29. The summed E-state index contributed by atoms with van der Waals surface area (Å²) in [4.78, 5) is 21.1. The maximum Gasteiger partial charge on any atom is 0.252 e. The van der Waals surface area contributed by atoms with Crippen molar-refractivity contribution in [3.05, 3.63) is 52.5 Å². The summed E-state index contributed by atoms with van der Waals surface area (Å²) in [6, 6.07) is 12.1. The Hall–Kier alpha value is -2.35. The maximum atomic E-state index is 12.1. The summed E-state index contributed by atoms with van der Waals surface area (Å²) in [5.41, 5.74) is 4.20. The molecule has 0 saturated heterocycles. The SMILES string of the molecule is Cc1cc(C)c2nc(NC(=O)COCc3nc4ccccc4s3)sc2c1. The van der Waals surface area contributed by atoms with Gasteiger partial charge in [-0.05, 0) is 43.2 Å². The van der Waals surface area contributed by atoms with Crippen LogP contribution in [0.3, 0.4) is 0 Å². The molecule has 0 radical (unpaired) electrons. The number of ether oxygens (including phenoxy) is 1. The van der Waals surface area contributed by atoms with Crippen LogP contribution in [0.25, 0.3) is 20.4 Å². The lowest BCUT2D eigenvalue weighted by molar-refractivity contribution is -0.121. The van der Waals surface area contributed by atoms with Crippen molar-refractivity contribution < 1.29 is 9.53 Å². The number of benzene rings is 2. The molecule has 0 spiro atoms. The van der Waals surface area contributed by atoms with E-state index in [1.54, 1.807) is 11.3 Å². The minimum Gasteiger partial charge on any atom is -0.364 e. The summed E-state index contributed by atoms with van der Waals surface area (Å²) in [6.07, 6.45) is 0. The number of thiazole rings is 2. The lowest BCUT2D eigenvalue weighted by Crippen LogP contribution is -2.18. The number of amides is 1. The summed E-state index contributed by atoms with van der Waals surface area (Å²) in [6.45, 7) is 4.39. The minimum atomic E-state index is -0.209. The summed E-state index contributed by atoms with van der Waals surface area (Å²) < 4.78 is 7.71. The highest BCUT2D eigenvalue weighted by molar-refractivity contribution is 7.22. The molecule has 2 aromatic heterocycles. The predicted molar refractivity (Wildman–Crippen MR) is 107 cm³/mol. The van der Waals surface area contributed by atoms with Gasteiger partial charge in [0.2, 0.25) is 0 Å². The van der Waals surface area contributed by atoms with Crippen LogP contribution in [0.15, 0.2) is 36.4 Å². The summed E-state index contributed by atoms with van der Waals surface area (Å²) in [5.74, 6) is -0.209. The van der Waals surface area contributed by atoms with Gasteiger partial charge >= 0.3 is 0 Å². The van der Waals surface area contributed by atoms with E-state index in [1.807, 2.05) is 31.2 Å². The molecule has 0 aliphatic heterocycles. The van der Waals surface area contributed by atoms with Crippen LogP contribution >= 0.6 is 22.7 Å². The van der Waals surface area contributed by atoms with Crippen LogP contribution in [0.5, 0.6) is 0 Å². The van der Waals surface area contributed by atoms with Crippen molar-refractivity contribution in [3.63, 3.8) is 0 Å². The Morgan fingerprint density at radius 2 is 1.96 bits per heavy atom. The third-order valence-corrected chi connectivity index (χ3v) is 5.80. The molecule has 132 valence electrons. The Kier molecular flexibility index (Phi) is 4.67. The lowest BCUT2D eigenvalue weighted by atomic mass is 10.1. The second kappa shape index (κ2) is 7.11. The number of nitrogens with zero attached hydrogens (tertiary/aromatic N) is 2. The molecule has 0 bridgehead atoms. The van der Waals surface area contributed by atoms with Crippen LogP contribution in [0, 0.1) is 13.8 Å². The van der Waals surface area contributed by atoms with Crippen molar-refractivity contribution in [2.75, 3.05) is 11.9 Å². The van der Waals surface area contributed by atoms with E-state index in [2.05, 4.69) is 34.3 Å². The van der Waals surface area contributed by atoms with Gasteiger partial charge in [-0.1, -0.05) is 29.5 Å². The van der Waals surface area contributed by atoms with Gasteiger partial charge in [0, 0.05) is 0 Å². The second-order valence-corrected chi connectivity index (χ2v) is 8.21. The molecule has 0 saturated carbocycles. The largest absolute Gasteiger partial charge is 0.364 e. The van der Waals surface area contributed by atoms with Gasteiger partial charge in [0.25, 0.3) is 5.91 Å². The third-order valence-electron chi connectivity index (χ3n) is 3.87. The molecule has 5 nitrogen and oxygen atoms in total. The smallest absolute Gasteiger partial charge is 0.252 e. The molecule has 0 fully saturated rings. The average molecular weight is 383 g/mol. The van der Waals surface area contributed by atoms with E-state index in [1.165, 1.54) is 16.9 Å². The van der Waals surface area contributed by atoms with Crippen LogP contribution in [-0.4, -0.2) is 22.5 Å². The number of carbonyl (C=O) groups excluding carboxylic acids is 1. The number of carbonyl (C=O) groups is 1. The fourth-order valence-corrected chi connectivity index (χ4v) is 4.76. The van der Waals surface area contributed by atoms with Gasteiger partial charge in [0.1, 0.15) is 11.6 Å². The van der Waals surface area contributed by atoms with Crippen molar-refractivity contribution >= 4 is 54.1 Å². The molecule has 26 heavy (non-hydrogen) atoms. The Bertz CT molecular complexity index is 1070. The monoisotopic (exact) mass is 383 g/mol. The van der Waals surface area contributed by atoms with Gasteiger partial charge in [-0.3, -0.25) is 10.1 Å². The number of anilines is 1. The highest BCUT2D eigenvalue weighted by Gasteiger charge is 2.11. The molecule has 0 aliphatic rings. The number of aryl methyl sites for hydroxylation is 2. The maximum absolute atomic E-state index is 12.1. The predicted octanol–water partition coefficient (Wildman–Crippen LogP) is 4.68. The van der Waals surface area contributed by atoms with Crippen LogP contribution in [0.1, 0.15) is 16.1 Å². The molecule has 4 aromatic rings. The lowest BCUT2D eigenvalue weighted by Gasteiger charge is -2.02. The van der Waals surface area contributed by atoms with E-state index in [0.29, 0.717) is 11.7 Å².